The van der Waals surface area contributed by atoms with Crippen LogP contribution in [0.5, 0.6) is 0 Å². The molecule has 0 aromatic heterocycles. The molecule has 0 bridgehead atoms. The van der Waals surface area contributed by atoms with Crippen LogP contribution in [0.3, 0.4) is 0 Å². The molecule has 0 saturated carbocycles. The zero-order valence-electron chi connectivity index (χ0n) is 11.5. The summed E-state index contributed by atoms with van der Waals surface area (Å²) in [5, 5.41) is 18.2. The van der Waals surface area contributed by atoms with E-state index in [4.69, 9.17) is 5.11 Å². The molecule has 104 valence electrons. The van der Waals surface area contributed by atoms with E-state index in [0.29, 0.717) is 6.42 Å². The summed E-state index contributed by atoms with van der Waals surface area (Å²) in [5.74, 6) is 9.16. The third-order valence-corrected chi connectivity index (χ3v) is 2.57. The number of rotatable bonds is 8. The Kier molecular flexibility index (Phi) is 10.4. The average Bonchev–Trinajstić information content (AvgIpc) is 2.37. The molecule has 0 spiro atoms. The Hall–Kier alpha value is -1.71. The van der Waals surface area contributed by atoms with Gasteiger partial charge in [-0.15, -0.1) is 6.58 Å². The van der Waals surface area contributed by atoms with Gasteiger partial charge in [-0.25, -0.2) is 0 Å². The topological polar surface area (TPSA) is 57.5 Å². The molecule has 0 rings (SSSR count). The van der Waals surface area contributed by atoms with Gasteiger partial charge in [0, 0.05) is 5.92 Å². The Morgan fingerprint density at radius 2 is 1.95 bits per heavy atom. The predicted molar refractivity (Wildman–Crippen MR) is 76.3 cm³/mol. The maximum absolute atomic E-state index is 10.5. The van der Waals surface area contributed by atoms with Crippen LogP contribution in [0.2, 0.25) is 0 Å². The van der Waals surface area contributed by atoms with Crippen molar-refractivity contribution in [2.75, 3.05) is 0 Å². The Bertz CT molecular complexity index is 390. The van der Waals surface area contributed by atoms with Crippen molar-refractivity contribution in [3.8, 4) is 23.7 Å². The van der Waals surface area contributed by atoms with E-state index < -0.39 is 18.0 Å². The first-order valence-electron chi connectivity index (χ1n) is 6.63. The number of aliphatic hydroxyl groups excluding tert-OH is 1. The monoisotopic (exact) mass is 262 g/mol. The van der Waals surface area contributed by atoms with Gasteiger partial charge in [0.2, 0.25) is 0 Å². The molecule has 0 amide bonds. The summed E-state index contributed by atoms with van der Waals surface area (Å²) in [5.41, 5.74) is 0. The Labute approximate surface area is 115 Å². The number of hydrogen-bond donors (Lipinski definition) is 2. The SMILES string of the molecule is C=C[C@H](C#CC#C[C@H](O)CCCCCC)CC(=O)O. The molecule has 0 aromatic carbocycles. The highest BCUT2D eigenvalue weighted by Gasteiger charge is 2.04. The first-order valence-corrected chi connectivity index (χ1v) is 6.63. The number of allylic oxidation sites excluding steroid dienone is 1. The van der Waals surface area contributed by atoms with E-state index in [9.17, 15) is 9.90 Å². The van der Waals surface area contributed by atoms with Gasteiger partial charge < -0.3 is 10.2 Å². The van der Waals surface area contributed by atoms with Crippen molar-refractivity contribution >= 4 is 5.97 Å². The van der Waals surface area contributed by atoms with E-state index in [0.717, 1.165) is 12.8 Å². The van der Waals surface area contributed by atoms with Crippen LogP contribution in [0.25, 0.3) is 0 Å². The van der Waals surface area contributed by atoms with Crippen LogP contribution in [-0.2, 0) is 4.79 Å². The van der Waals surface area contributed by atoms with E-state index in [1.165, 1.54) is 18.9 Å². The van der Waals surface area contributed by atoms with E-state index in [1.54, 1.807) is 0 Å². The quantitative estimate of drug-likeness (QED) is 0.401. The highest BCUT2D eigenvalue weighted by molar-refractivity contribution is 5.68. The number of aliphatic hydroxyl groups is 1. The normalized spacial score (nSPS) is 12.3. The van der Waals surface area contributed by atoms with Gasteiger partial charge in [0.25, 0.3) is 0 Å². The van der Waals surface area contributed by atoms with Crippen molar-refractivity contribution < 1.29 is 15.0 Å². The molecule has 0 saturated heterocycles. The van der Waals surface area contributed by atoms with Crippen molar-refractivity contribution in [2.45, 2.75) is 51.6 Å². The van der Waals surface area contributed by atoms with Crippen LogP contribution < -0.4 is 0 Å². The second-order valence-electron chi connectivity index (χ2n) is 4.34. The van der Waals surface area contributed by atoms with Crippen molar-refractivity contribution in [3.05, 3.63) is 12.7 Å². The first-order chi connectivity index (χ1) is 9.10. The predicted octanol–water partition coefficient (Wildman–Crippen LogP) is 2.60. The lowest BCUT2D eigenvalue weighted by Gasteiger charge is -2.01. The molecule has 0 heterocycles. The lowest BCUT2D eigenvalue weighted by atomic mass is 10.1. The zero-order valence-corrected chi connectivity index (χ0v) is 11.5. The fourth-order valence-electron chi connectivity index (χ4n) is 1.47. The fourth-order valence-corrected chi connectivity index (χ4v) is 1.47. The van der Waals surface area contributed by atoms with Crippen molar-refractivity contribution in [2.24, 2.45) is 5.92 Å². The molecule has 19 heavy (non-hydrogen) atoms. The minimum absolute atomic E-state index is 0.0717. The third-order valence-electron chi connectivity index (χ3n) is 2.57. The smallest absolute Gasteiger partial charge is 0.304 e. The van der Waals surface area contributed by atoms with E-state index in [2.05, 4.69) is 37.2 Å². The molecule has 0 unspecified atom stereocenters. The average molecular weight is 262 g/mol. The van der Waals surface area contributed by atoms with Gasteiger partial charge in [0.1, 0.15) is 6.10 Å². The van der Waals surface area contributed by atoms with Gasteiger partial charge in [0.05, 0.1) is 6.42 Å². The maximum Gasteiger partial charge on any atom is 0.304 e. The van der Waals surface area contributed by atoms with Gasteiger partial charge in [-0.2, -0.15) is 0 Å². The molecular weight excluding hydrogens is 240 g/mol. The Morgan fingerprint density at radius 1 is 1.26 bits per heavy atom. The summed E-state index contributed by atoms with van der Waals surface area (Å²) in [6.45, 7) is 5.66. The van der Waals surface area contributed by atoms with Gasteiger partial charge in [-0.05, 0) is 24.7 Å². The molecule has 3 heteroatoms. The number of aliphatic carboxylic acids is 1. The minimum atomic E-state index is -0.914. The van der Waals surface area contributed by atoms with Crippen LogP contribution >= 0.6 is 0 Å². The molecule has 0 radical (unpaired) electrons. The highest BCUT2D eigenvalue weighted by Crippen LogP contribution is 2.05. The van der Waals surface area contributed by atoms with Crippen molar-refractivity contribution in [1.29, 1.82) is 0 Å². The van der Waals surface area contributed by atoms with Crippen LogP contribution in [0.4, 0.5) is 0 Å². The first kappa shape index (κ1) is 17.3. The fraction of sp³-hybridized carbons (Fsp3) is 0.562. The largest absolute Gasteiger partial charge is 0.481 e. The second-order valence-corrected chi connectivity index (χ2v) is 4.34. The number of carboxylic acids is 1. The molecule has 0 aliphatic rings. The summed E-state index contributed by atoms with van der Waals surface area (Å²) in [6, 6.07) is 0. The summed E-state index contributed by atoms with van der Waals surface area (Å²) < 4.78 is 0. The number of unbranched alkanes of at least 4 members (excludes halogenated alkanes) is 3. The minimum Gasteiger partial charge on any atom is -0.481 e. The Morgan fingerprint density at radius 3 is 2.53 bits per heavy atom. The molecule has 0 aliphatic heterocycles. The summed E-state index contributed by atoms with van der Waals surface area (Å²) in [7, 11) is 0. The molecule has 0 fully saturated rings. The lowest BCUT2D eigenvalue weighted by molar-refractivity contribution is -0.137. The second kappa shape index (κ2) is 11.4. The highest BCUT2D eigenvalue weighted by atomic mass is 16.4. The number of carbonyl (C=O) groups is 1. The maximum atomic E-state index is 10.5. The summed E-state index contributed by atoms with van der Waals surface area (Å²) in [4.78, 5) is 10.5. The standard InChI is InChI=1S/C16H22O3/c1-3-5-6-7-11-15(17)12-9-8-10-14(4-2)13-16(18)19/h4,14-15,17H,2-3,5-7,11,13H2,1H3,(H,18,19)/t14-,15-/m1/s1. The Balaban J connectivity index is 4.07. The van der Waals surface area contributed by atoms with E-state index in [1.807, 2.05) is 0 Å². The zero-order chi connectivity index (χ0) is 14.5. The molecule has 0 aliphatic carbocycles. The summed E-state index contributed by atoms with van der Waals surface area (Å²) in [6.07, 6.45) is 5.85. The van der Waals surface area contributed by atoms with Crippen LogP contribution in [-0.4, -0.2) is 22.3 Å². The molecule has 0 aromatic rings. The van der Waals surface area contributed by atoms with Crippen molar-refractivity contribution in [1.82, 2.24) is 0 Å². The van der Waals surface area contributed by atoms with Gasteiger partial charge in [-0.1, -0.05) is 44.1 Å². The van der Waals surface area contributed by atoms with E-state index in [-0.39, 0.29) is 6.42 Å². The number of carboxylic acid groups (broad SMARTS) is 1. The molecule has 2 atom stereocenters. The van der Waals surface area contributed by atoms with E-state index >= 15 is 0 Å². The third kappa shape index (κ3) is 11.1. The van der Waals surface area contributed by atoms with Crippen LogP contribution in [0, 0.1) is 29.6 Å². The van der Waals surface area contributed by atoms with Gasteiger partial charge in [0.15, 0.2) is 0 Å². The van der Waals surface area contributed by atoms with Crippen molar-refractivity contribution in [3.63, 3.8) is 0 Å². The van der Waals surface area contributed by atoms with Crippen LogP contribution in [0.1, 0.15) is 45.4 Å². The van der Waals surface area contributed by atoms with Gasteiger partial charge >= 0.3 is 5.97 Å². The molecule has 3 nitrogen and oxygen atoms in total. The molecular formula is C16H22O3. The summed E-state index contributed by atoms with van der Waals surface area (Å²) >= 11 is 0. The van der Waals surface area contributed by atoms with Gasteiger partial charge in [-0.3, -0.25) is 4.79 Å². The lowest BCUT2D eigenvalue weighted by Crippen LogP contribution is -2.03. The van der Waals surface area contributed by atoms with Crippen LogP contribution in [0.15, 0.2) is 12.7 Å². The molecule has 2 N–H and O–H groups in total. The number of hydrogen-bond acceptors (Lipinski definition) is 2.